The summed E-state index contributed by atoms with van der Waals surface area (Å²) in [6.45, 7) is 0.735. The molecule has 2 rings (SSSR count). The number of nitrogens with zero attached hydrogens (tertiary/aromatic N) is 2. The molecule has 7 nitrogen and oxygen atoms in total. The van der Waals surface area contributed by atoms with Crippen LogP contribution in [0.3, 0.4) is 0 Å². The van der Waals surface area contributed by atoms with E-state index in [-0.39, 0.29) is 24.4 Å². The number of aliphatic carboxylic acids is 1. The van der Waals surface area contributed by atoms with Crippen molar-refractivity contribution in [1.29, 1.82) is 0 Å². The molecule has 106 valence electrons. The minimum atomic E-state index is -1.08. The van der Waals surface area contributed by atoms with Crippen molar-refractivity contribution in [2.45, 2.75) is 37.8 Å². The van der Waals surface area contributed by atoms with E-state index in [4.69, 9.17) is 5.11 Å². The molecule has 1 unspecified atom stereocenters. The lowest BCUT2D eigenvalue weighted by Gasteiger charge is -2.41. The van der Waals surface area contributed by atoms with Crippen LogP contribution in [0.1, 0.15) is 25.7 Å². The number of carbonyl (C=O) groups excluding carboxylic acids is 2. The van der Waals surface area contributed by atoms with Gasteiger partial charge in [0.25, 0.3) is 0 Å². The number of hydrogen-bond donors (Lipinski definition) is 2. The molecule has 2 fully saturated rings. The molecule has 1 aliphatic carbocycles. The van der Waals surface area contributed by atoms with Crippen LogP contribution in [-0.2, 0) is 9.59 Å². The molecular weight excluding hydrogens is 250 g/mol. The first-order valence-electron chi connectivity index (χ1n) is 6.53. The molecule has 1 atom stereocenters. The minimum Gasteiger partial charge on any atom is -0.481 e. The van der Waals surface area contributed by atoms with Crippen molar-refractivity contribution < 1.29 is 19.5 Å². The molecule has 0 aromatic heterocycles. The van der Waals surface area contributed by atoms with Gasteiger partial charge < -0.3 is 20.2 Å². The zero-order valence-electron chi connectivity index (χ0n) is 11.0. The third-order valence-corrected chi connectivity index (χ3v) is 3.87. The summed E-state index contributed by atoms with van der Waals surface area (Å²) < 4.78 is 0. The predicted molar refractivity (Wildman–Crippen MR) is 66.6 cm³/mol. The number of hydrogen-bond acceptors (Lipinski definition) is 3. The van der Waals surface area contributed by atoms with Crippen molar-refractivity contribution in [2.75, 3.05) is 20.1 Å². The Morgan fingerprint density at radius 1 is 1.47 bits per heavy atom. The summed E-state index contributed by atoms with van der Waals surface area (Å²) in [7, 11) is 1.72. The van der Waals surface area contributed by atoms with Gasteiger partial charge in [0.2, 0.25) is 5.91 Å². The van der Waals surface area contributed by atoms with Gasteiger partial charge in [0.05, 0.1) is 6.42 Å². The number of rotatable bonds is 3. The lowest BCUT2D eigenvalue weighted by molar-refractivity contribution is -0.142. The van der Waals surface area contributed by atoms with E-state index in [0.717, 1.165) is 19.3 Å². The van der Waals surface area contributed by atoms with Crippen molar-refractivity contribution in [3.63, 3.8) is 0 Å². The van der Waals surface area contributed by atoms with E-state index in [9.17, 15) is 14.4 Å². The predicted octanol–water partition coefficient (Wildman–Crippen LogP) is -0.134. The van der Waals surface area contributed by atoms with Crippen molar-refractivity contribution >= 4 is 17.9 Å². The number of urea groups is 1. The third-order valence-electron chi connectivity index (χ3n) is 3.87. The number of carboxylic acids is 1. The topological polar surface area (TPSA) is 90.0 Å². The molecule has 1 aliphatic heterocycles. The molecule has 0 spiro atoms. The molecule has 0 aromatic rings. The van der Waals surface area contributed by atoms with Crippen LogP contribution in [0.15, 0.2) is 0 Å². The molecule has 2 N–H and O–H groups in total. The van der Waals surface area contributed by atoms with Crippen LogP contribution in [0.25, 0.3) is 0 Å². The Bertz CT molecular complexity index is 394. The first-order chi connectivity index (χ1) is 9.00. The molecule has 0 aromatic carbocycles. The Morgan fingerprint density at radius 2 is 2.16 bits per heavy atom. The minimum absolute atomic E-state index is 0.225. The van der Waals surface area contributed by atoms with Gasteiger partial charge in [-0.1, -0.05) is 0 Å². The summed E-state index contributed by atoms with van der Waals surface area (Å²) in [5, 5.41) is 11.5. The Morgan fingerprint density at radius 3 is 2.68 bits per heavy atom. The second-order valence-electron chi connectivity index (χ2n) is 5.08. The largest absolute Gasteiger partial charge is 0.481 e. The molecule has 1 saturated heterocycles. The summed E-state index contributed by atoms with van der Waals surface area (Å²) in [6, 6.07) is -0.921. The van der Waals surface area contributed by atoms with E-state index in [0.29, 0.717) is 13.1 Å². The number of piperazine rings is 1. The van der Waals surface area contributed by atoms with Crippen LogP contribution < -0.4 is 5.32 Å². The zero-order chi connectivity index (χ0) is 14.0. The van der Waals surface area contributed by atoms with Crippen molar-refractivity contribution in [2.24, 2.45) is 0 Å². The molecule has 1 heterocycles. The van der Waals surface area contributed by atoms with E-state index in [1.54, 1.807) is 11.9 Å². The highest BCUT2D eigenvalue weighted by Gasteiger charge is 2.38. The maximum Gasteiger partial charge on any atom is 0.320 e. The van der Waals surface area contributed by atoms with Gasteiger partial charge in [-0.2, -0.15) is 0 Å². The molecule has 0 radical (unpaired) electrons. The molecule has 7 heteroatoms. The van der Waals surface area contributed by atoms with Crippen LogP contribution in [0.2, 0.25) is 0 Å². The van der Waals surface area contributed by atoms with Crippen LogP contribution in [0.4, 0.5) is 4.79 Å². The average molecular weight is 269 g/mol. The smallest absolute Gasteiger partial charge is 0.320 e. The third kappa shape index (κ3) is 2.80. The maximum absolute atomic E-state index is 12.3. The summed E-state index contributed by atoms with van der Waals surface area (Å²) in [6.07, 6.45) is 2.72. The summed E-state index contributed by atoms with van der Waals surface area (Å²) in [4.78, 5) is 37.9. The van der Waals surface area contributed by atoms with E-state index < -0.39 is 12.0 Å². The zero-order valence-corrected chi connectivity index (χ0v) is 11.0. The Kier molecular flexibility index (Phi) is 3.92. The van der Waals surface area contributed by atoms with Gasteiger partial charge in [0, 0.05) is 26.2 Å². The Labute approximate surface area is 111 Å². The Balaban J connectivity index is 2.07. The lowest BCUT2D eigenvalue weighted by Crippen LogP contribution is -2.61. The molecule has 3 amide bonds. The van der Waals surface area contributed by atoms with Gasteiger partial charge in [0.15, 0.2) is 0 Å². The quantitative estimate of drug-likeness (QED) is 0.746. The normalized spacial score (nSPS) is 23.5. The summed E-state index contributed by atoms with van der Waals surface area (Å²) >= 11 is 0. The van der Waals surface area contributed by atoms with Gasteiger partial charge in [-0.3, -0.25) is 9.59 Å². The second kappa shape index (κ2) is 5.46. The highest BCUT2D eigenvalue weighted by atomic mass is 16.4. The van der Waals surface area contributed by atoms with Crippen LogP contribution in [-0.4, -0.2) is 65.0 Å². The molecule has 2 aliphatic rings. The Hall–Kier alpha value is -1.79. The van der Waals surface area contributed by atoms with Crippen molar-refractivity contribution in [3.8, 4) is 0 Å². The first kappa shape index (κ1) is 13.6. The van der Waals surface area contributed by atoms with E-state index in [2.05, 4.69) is 5.32 Å². The fraction of sp³-hybridized carbons (Fsp3) is 0.750. The molecule has 19 heavy (non-hydrogen) atoms. The van der Waals surface area contributed by atoms with Crippen molar-refractivity contribution in [3.05, 3.63) is 0 Å². The fourth-order valence-corrected chi connectivity index (χ4v) is 2.44. The standard InChI is InChI=1S/C12H19N3O4/c1-14(8-3-2-4-8)12(19)15-6-5-13-11(18)9(15)7-10(16)17/h8-9H,2-7H2,1H3,(H,13,18)(H,16,17). The molecule has 0 bridgehead atoms. The lowest BCUT2D eigenvalue weighted by atomic mass is 9.92. The fourth-order valence-electron chi connectivity index (χ4n) is 2.44. The SMILES string of the molecule is CN(C(=O)N1CCNC(=O)C1CC(=O)O)C1CCC1. The molecular formula is C12H19N3O4. The van der Waals surface area contributed by atoms with Crippen LogP contribution in [0.5, 0.6) is 0 Å². The van der Waals surface area contributed by atoms with Gasteiger partial charge >= 0.3 is 12.0 Å². The summed E-state index contributed by atoms with van der Waals surface area (Å²) in [5.41, 5.74) is 0. The van der Waals surface area contributed by atoms with Gasteiger partial charge in [-0.05, 0) is 19.3 Å². The van der Waals surface area contributed by atoms with Crippen LogP contribution >= 0.6 is 0 Å². The first-order valence-corrected chi connectivity index (χ1v) is 6.53. The second-order valence-corrected chi connectivity index (χ2v) is 5.08. The van der Waals surface area contributed by atoms with Gasteiger partial charge in [-0.15, -0.1) is 0 Å². The highest BCUT2D eigenvalue weighted by molar-refractivity contribution is 5.91. The van der Waals surface area contributed by atoms with E-state index in [1.807, 2.05) is 0 Å². The van der Waals surface area contributed by atoms with Crippen molar-refractivity contribution in [1.82, 2.24) is 15.1 Å². The van der Waals surface area contributed by atoms with Gasteiger partial charge in [-0.25, -0.2) is 4.79 Å². The highest BCUT2D eigenvalue weighted by Crippen LogP contribution is 2.25. The maximum atomic E-state index is 12.3. The van der Waals surface area contributed by atoms with E-state index >= 15 is 0 Å². The van der Waals surface area contributed by atoms with E-state index in [1.165, 1.54) is 4.90 Å². The number of nitrogens with one attached hydrogen (secondary N) is 1. The number of amides is 3. The number of carboxylic acid groups (broad SMARTS) is 1. The average Bonchev–Trinajstić information content (AvgIpc) is 2.28. The molecule has 1 saturated carbocycles. The monoisotopic (exact) mass is 269 g/mol. The number of carbonyl (C=O) groups is 3. The summed E-state index contributed by atoms with van der Waals surface area (Å²) in [5.74, 6) is -1.46. The van der Waals surface area contributed by atoms with Crippen LogP contribution in [0, 0.1) is 0 Å². The van der Waals surface area contributed by atoms with Gasteiger partial charge in [0.1, 0.15) is 6.04 Å².